The fourth-order valence-electron chi connectivity index (χ4n) is 4.24. The molecule has 0 amide bonds. The second-order valence-corrected chi connectivity index (χ2v) is 8.97. The van der Waals surface area contributed by atoms with Gasteiger partial charge < -0.3 is 14.4 Å². The van der Waals surface area contributed by atoms with E-state index < -0.39 is 0 Å². The molecule has 0 aromatic heterocycles. The van der Waals surface area contributed by atoms with Crippen molar-refractivity contribution in [2.45, 2.75) is 37.9 Å². The van der Waals surface area contributed by atoms with Gasteiger partial charge in [0.05, 0.1) is 11.1 Å². The zero-order valence-corrected chi connectivity index (χ0v) is 19.0. The lowest BCUT2D eigenvalue weighted by Crippen LogP contribution is -2.39. The number of hydrogen-bond donors (Lipinski definition) is 0. The van der Waals surface area contributed by atoms with Crippen LogP contribution in [0.5, 0.6) is 0 Å². The Labute approximate surface area is 190 Å². The van der Waals surface area contributed by atoms with E-state index in [0.29, 0.717) is 11.1 Å². The lowest BCUT2D eigenvalue weighted by Gasteiger charge is -2.28. The Morgan fingerprint density at radius 2 is 1.16 bits per heavy atom. The van der Waals surface area contributed by atoms with E-state index in [0.717, 1.165) is 63.0 Å². The normalized spacial score (nSPS) is 18.9. The molecule has 2 aliphatic heterocycles. The molecule has 169 valence electrons. The SMILES string of the molecule is CN1CCC(OC(=O)c2ccc(-c3ccc(C(=O)OC4CC[N+](C)CC4)cc3)cc2)CC1. The van der Waals surface area contributed by atoms with Crippen LogP contribution in [0.1, 0.15) is 46.4 Å². The molecule has 2 aromatic carbocycles. The smallest absolute Gasteiger partial charge is 0.338 e. The largest absolute Gasteiger partial charge is 0.459 e. The van der Waals surface area contributed by atoms with Crippen molar-refractivity contribution in [2.75, 3.05) is 40.3 Å². The Bertz CT molecular complexity index is 832. The van der Waals surface area contributed by atoms with Crippen molar-refractivity contribution < 1.29 is 19.1 Å². The average molecular weight is 437 g/mol. The molecule has 0 N–H and O–H groups in total. The van der Waals surface area contributed by atoms with Crippen LogP contribution in [0.3, 0.4) is 0 Å². The van der Waals surface area contributed by atoms with Crippen LogP contribution in [0.2, 0.25) is 0 Å². The van der Waals surface area contributed by atoms with Crippen LogP contribution in [0.15, 0.2) is 48.5 Å². The number of esters is 2. The minimum absolute atomic E-state index is 0.000182. The van der Waals surface area contributed by atoms with E-state index in [1.807, 2.05) is 24.3 Å². The first-order valence-corrected chi connectivity index (χ1v) is 11.5. The number of carbonyl (C=O) groups excluding carboxylic acids is 2. The topological polar surface area (TPSA) is 61.7 Å². The number of rotatable bonds is 5. The van der Waals surface area contributed by atoms with Gasteiger partial charge in [-0.1, -0.05) is 24.3 Å². The Kier molecular flexibility index (Phi) is 7.22. The Hall–Kier alpha value is -2.70. The van der Waals surface area contributed by atoms with Crippen molar-refractivity contribution in [2.24, 2.45) is 0 Å². The van der Waals surface area contributed by atoms with E-state index in [9.17, 15) is 9.59 Å². The van der Waals surface area contributed by atoms with Gasteiger partial charge in [0.1, 0.15) is 32.3 Å². The zero-order valence-electron chi connectivity index (χ0n) is 19.0. The molecular formula is C26H32N2O4+. The first-order valence-electron chi connectivity index (χ1n) is 11.5. The van der Waals surface area contributed by atoms with Gasteiger partial charge in [0.25, 0.3) is 0 Å². The molecule has 2 saturated heterocycles. The van der Waals surface area contributed by atoms with Crippen molar-refractivity contribution >= 4 is 11.9 Å². The van der Waals surface area contributed by atoms with Crippen LogP contribution in [0.25, 0.3) is 11.1 Å². The number of piperidine rings is 2. The molecule has 2 fully saturated rings. The van der Waals surface area contributed by atoms with Gasteiger partial charge in [-0.2, -0.15) is 4.90 Å². The average Bonchev–Trinajstić information content (AvgIpc) is 2.82. The third kappa shape index (κ3) is 5.75. The van der Waals surface area contributed by atoms with E-state index in [-0.39, 0.29) is 24.1 Å². The monoisotopic (exact) mass is 436 g/mol. The highest BCUT2D eigenvalue weighted by atomic mass is 16.5. The van der Waals surface area contributed by atoms with Gasteiger partial charge in [-0.15, -0.1) is 0 Å². The number of hydrogen-bond acceptors (Lipinski definition) is 6. The number of ether oxygens (including phenoxy) is 2. The van der Waals surface area contributed by atoms with Crippen LogP contribution in [0.4, 0.5) is 0 Å². The summed E-state index contributed by atoms with van der Waals surface area (Å²) >= 11 is 0. The molecule has 2 aromatic rings. The minimum atomic E-state index is -0.266. The standard InChI is InChI=1S/C26H32N2O4/c1-27-15-11-23(12-16-27)31-25(29)21-7-3-19(4-8-21)20-5-9-22(10-6-20)26(30)32-24-13-17-28(2)18-14-24/h3-10,23-24H,11-18H2,1-2H3/q+1. The van der Waals surface area contributed by atoms with Crippen molar-refractivity contribution in [3.63, 3.8) is 0 Å². The summed E-state index contributed by atoms with van der Waals surface area (Å²) in [5.74, 6) is -0.531. The zero-order chi connectivity index (χ0) is 22.5. The molecule has 0 bridgehead atoms. The Morgan fingerprint density at radius 1 is 0.750 bits per heavy atom. The molecule has 6 nitrogen and oxygen atoms in total. The maximum Gasteiger partial charge on any atom is 0.338 e. The van der Waals surface area contributed by atoms with Gasteiger partial charge >= 0.3 is 11.9 Å². The maximum atomic E-state index is 12.5. The van der Waals surface area contributed by atoms with Gasteiger partial charge in [-0.3, -0.25) is 0 Å². The van der Waals surface area contributed by atoms with Crippen LogP contribution in [0, 0.1) is 0 Å². The summed E-state index contributed by atoms with van der Waals surface area (Å²) in [6.07, 6.45) is 3.53. The highest BCUT2D eigenvalue weighted by molar-refractivity contribution is 5.91. The Balaban J connectivity index is 1.32. The predicted octanol–water partition coefficient (Wildman–Crippen LogP) is 3.69. The molecule has 2 heterocycles. The van der Waals surface area contributed by atoms with E-state index in [2.05, 4.69) is 23.9 Å². The summed E-state index contributed by atoms with van der Waals surface area (Å²) in [6.45, 7) is 3.83. The summed E-state index contributed by atoms with van der Waals surface area (Å²) in [5.41, 5.74) is 3.09. The maximum absolute atomic E-state index is 12.5. The van der Waals surface area contributed by atoms with E-state index in [4.69, 9.17) is 9.47 Å². The molecule has 0 spiro atoms. The van der Waals surface area contributed by atoms with Crippen LogP contribution >= 0.6 is 0 Å². The third-order valence-corrected chi connectivity index (χ3v) is 6.45. The third-order valence-electron chi connectivity index (χ3n) is 6.45. The number of carbonyl (C=O) groups is 2. The summed E-state index contributed by atoms with van der Waals surface area (Å²) < 4.78 is 11.3. The molecule has 0 atom stereocenters. The van der Waals surface area contributed by atoms with Crippen LogP contribution in [-0.2, 0) is 9.47 Å². The minimum Gasteiger partial charge on any atom is -0.459 e. The lowest BCUT2D eigenvalue weighted by molar-refractivity contribution is 0.0138. The van der Waals surface area contributed by atoms with Gasteiger partial charge in [0.2, 0.25) is 0 Å². The van der Waals surface area contributed by atoms with Crippen LogP contribution < -0.4 is 4.90 Å². The fraction of sp³-hybridized carbons (Fsp3) is 0.462. The fourth-order valence-corrected chi connectivity index (χ4v) is 4.24. The molecule has 2 aliphatic rings. The van der Waals surface area contributed by atoms with Gasteiger partial charge in [0, 0.05) is 25.9 Å². The number of nitrogens with zero attached hydrogens (tertiary/aromatic N) is 2. The van der Waals surface area contributed by atoms with Crippen molar-refractivity contribution in [1.29, 1.82) is 0 Å². The highest BCUT2D eigenvalue weighted by Gasteiger charge is 2.26. The molecule has 0 unspecified atom stereocenters. The summed E-state index contributed by atoms with van der Waals surface area (Å²) in [4.78, 5) is 29.4. The van der Waals surface area contributed by atoms with Crippen molar-refractivity contribution in [3.05, 3.63) is 59.7 Å². The molecule has 1 radical (unpaired) electrons. The van der Waals surface area contributed by atoms with Crippen LogP contribution in [-0.4, -0.2) is 69.3 Å². The first kappa shape index (κ1) is 22.5. The number of likely N-dealkylation sites (tertiary alicyclic amines) is 2. The van der Waals surface area contributed by atoms with E-state index in [1.165, 1.54) is 0 Å². The molecular weight excluding hydrogens is 404 g/mol. The quantitative estimate of drug-likeness (QED) is 0.528. The van der Waals surface area contributed by atoms with Gasteiger partial charge in [0.15, 0.2) is 0 Å². The molecule has 4 rings (SSSR count). The second kappa shape index (κ2) is 10.3. The predicted molar refractivity (Wildman–Crippen MR) is 124 cm³/mol. The van der Waals surface area contributed by atoms with Gasteiger partial charge in [-0.25, -0.2) is 9.59 Å². The summed E-state index contributed by atoms with van der Waals surface area (Å²) in [5, 5.41) is 0. The number of benzene rings is 2. The highest BCUT2D eigenvalue weighted by Crippen LogP contribution is 2.22. The summed E-state index contributed by atoms with van der Waals surface area (Å²) in [7, 11) is 4.17. The van der Waals surface area contributed by atoms with E-state index in [1.54, 1.807) is 24.3 Å². The molecule has 0 saturated carbocycles. The van der Waals surface area contributed by atoms with Gasteiger partial charge in [-0.05, 0) is 55.3 Å². The molecule has 6 heteroatoms. The van der Waals surface area contributed by atoms with Crippen molar-refractivity contribution in [3.8, 4) is 11.1 Å². The summed E-state index contributed by atoms with van der Waals surface area (Å²) in [6, 6.07) is 14.9. The first-order chi connectivity index (χ1) is 15.5. The lowest BCUT2D eigenvalue weighted by atomic mass is 10.0. The Morgan fingerprint density at radius 3 is 1.59 bits per heavy atom. The second-order valence-electron chi connectivity index (χ2n) is 8.97. The molecule has 32 heavy (non-hydrogen) atoms. The molecule has 0 aliphatic carbocycles. The van der Waals surface area contributed by atoms with E-state index >= 15 is 0 Å². The van der Waals surface area contributed by atoms with Crippen molar-refractivity contribution in [1.82, 2.24) is 9.80 Å².